The summed E-state index contributed by atoms with van der Waals surface area (Å²) < 4.78 is 5.55. The van der Waals surface area contributed by atoms with Crippen molar-refractivity contribution in [1.29, 1.82) is 0 Å². The number of ether oxygens (including phenoxy) is 1. The lowest BCUT2D eigenvalue weighted by Gasteiger charge is -2.29. The number of aliphatic carboxylic acids is 1. The van der Waals surface area contributed by atoms with E-state index in [0.29, 0.717) is 25.0 Å². The molecule has 2 N–H and O–H groups in total. The molecule has 1 saturated heterocycles. The molecule has 1 heterocycles. The molecule has 1 aliphatic heterocycles. The Morgan fingerprint density at radius 1 is 1.38 bits per heavy atom. The summed E-state index contributed by atoms with van der Waals surface area (Å²) in [5.41, 5.74) is 0.581. The van der Waals surface area contributed by atoms with Gasteiger partial charge in [-0.2, -0.15) is 0 Å². The zero-order chi connectivity index (χ0) is 15.2. The first-order chi connectivity index (χ1) is 10.1. The first kappa shape index (κ1) is 15.5. The van der Waals surface area contributed by atoms with Gasteiger partial charge in [-0.1, -0.05) is 37.3 Å². The monoisotopic (exact) mass is 291 g/mol. The molecule has 2 rings (SSSR count). The van der Waals surface area contributed by atoms with Crippen molar-refractivity contribution in [2.45, 2.75) is 38.3 Å². The van der Waals surface area contributed by atoms with Crippen molar-refractivity contribution in [3.05, 3.63) is 35.9 Å². The molecule has 0 saturated carbocycles. The fraction of sp³-hybridized carbons (Fsp3) is 0.500. The van der Waals surface area contributed by atoms with Crippen molar-refractivity contribution in [3.8, 4) is 0 Å². The molecule has 0 aromatic heterocycles. The third kappa shape index (κ3) is 4.04. The van der Waals surface area contributed by atoms with Crippen molar-refractivity contribution in [2.75, 3.05) is 6.61 Å². The van der Waals surface area contributed by atoms with Crippen LogP contribution in [0.4, 0.5) is 0 Å². The van der Waals surface area contributed by atoms with E-state index in [-0.39, 0.29) is 17.9 Å². The number of rotatable bonds is 5. The van der Waals surface area contributed by atoms with Crippen LogP contribution < -0.4 is 5.32 Å². The second kappa shape index (κ2) is 7.22. The summed E-state index contributed by atoms with van der Waals surface area (Å²) in [6.45, 7) is 2.58. The van der Waals surface area contributed by atoms with Crippen molar-refractivity contribution in [3.63, 3.8) is 0 Å². The van der Waals surface area contributed by atoms with Crippen LogP contribution in [0.1, 0.15) is 37.8 Å². The summed E-state index contributed by atoms with van der Waals surface area (Å²) in [6.07, 6.45) is 2.26. The summed E-state index contributed by atoms with van der Waals surface area (Å²) in [7, 11) is 0. The van der Waals surface area contributed by atoms with E-state index in [2.05, 4.69) is 5.32 Å². The molecular formula is C16H21NO4. The molecule has 0 radical (unpaired) electrons. The van der Waals surface area contributed by atoms with E-state index < -0.39 is 12.0 Å². The van der Waals surface area contributed by atoms with Gasteiger partial charge in [0.05, 0.1) is 6.10 Å². The zero-order valence-electron chi connectivity index (χ0n) is 12.1. The van der Waals surface area contributed by atoms with Gasteiger partial charge in [0.1, 0.15) is 0 Å². The quantitative estimate of drug-likeness (QED) is 0.871. The maximum atomic E-state index is 12.3. The summed E-state index contributed by atoms with van der Waals surface area (Å²) in [5, 5.41) is 12.0. The van der Waals surface area contributed by atoms with Crippen LogP contribution in [0.5, 0.6) is 0 Å². The Bertz CT molecular complexity index is 488. The highest BCUT2D eigenvalue weighted by atomic mass is 16.5. The fourth-order valence-corrected chi connectivity index (χ4v) is 2.60. The molecule has 5 nitrogen and oxygen atoms in total. The van der Waals surface area contributed by atoms with Crippen LogP contribution in [0.15, 0.2) is 30.3 Å². The van der Waals surface area contributed by atoms with Crippen LogP contribution in [0, 0.1) is 5.92 Å². The number of benzene rings is 1. The second-order valence-corrected chi connectivity index (χ2v) is 5.31. The van der Waals surface area contributed by atoms with Crippen molar-refractivity contribution >= 4 is 11.9 Å². The fourth-order valence-electron chi connectivity index (χ4n) is 2.60. The first-order valence-electron chi connectivity index (χ1n) is 7.31. The Hall–Kier alpha value is -1.88. The lowest BCUT2D eigenvalue weighted by Crippen LogP contribution is -2.41. The molecule has 0 aliphatic carbocycles. The summed E-state index contributed by atoms with van der Waals surface area (Å²) >= 11 is 0. The number of hydrogen-bond donors (Lipinski definition) is 2. The minimum absolute atomic E-state index is 0.0921. The van der Waals surface area contributed by atoms with Gasteiger partial charge in [-0.15, -0.1) is 0 Å². The molecular weight excluding hydrogens is 270 g/mol. The molecule has 2 unspecified atom stereocenters. The molecule has 21 heavy (non-hydrogen) atoms. The SMILES string of the molecule is CCC1CC(C(=O)N[C@H](C(=O)O)c2ccccc2)CCO1. The third-order valence-corrected chi connectivity index (χ3v) is 3.86. The van der Waals surface area contributed by atoms with Crippen molar-refractivity contribution in [2.24, 2.45) is 5.92 Å². The minimum atomic E-state index is -1.05. The Labute approximate surface area is 124 Å². The molecule has 1 aromatic carbocycles. The van der Waals surface area contributed by atoms with Crippen LogP contribution in [0.2, 0.25) is 0 Å². The number of carboxylic acid groups (broad SMARTS) is 1. The summed E-state index contributed by atoms with van der Waals surface area (Å²) in [5.74, 6) is -1.42. The maximum Gasteiger partial charge on any atom is 0.330 e. The number of hydrogen-bond acceptors (Lipinski definition) is 3. The standard InChI is InChI=1S/C16H21NO4/c1-2-13-10-12(8-9-21-13)15(18)17-14(16(19)20)11-6-4-3-5-7-11/h3-7,12-14H,2,8-10H2,1H3,(H,17,18)(H,19,20)/t12?,13?,14-/m0/s1. The molecule has 1 fully saturated rings. The molecule has 0 spiro atoms. The molecule has 1 aromatic rings. The van der Waals surface area contributed by atoms with E-state index in [1.54, 1.807) is 24.3 Å². The van der Waals surface area contributed by atoms with Crippen LogP contribution >= 0.6 is 0 Å². The topological polar surface area (TPSA) is 75.6 Å². The predicted molar refractivity (Wildman–Crippen MR) is 77.7 cm³/mol. The van der Waals surface area contributed by atoms with Gasteiger partial charge in [-0.3, -0.25) is 4.79 Å². The Morgan fingerprint density at radius 3 is 2.71 bits per heavy atom. The lowest BCUT2D eigenvalue weighted by molar-refractivity contribution is -0.143. The van der Waals surface area contributed by atoms with Crippen LogP contribution in [-0.4, -0.2) is 29.7 Å². The number of carboxylic acids is 1. The Kier molecular flexibility index (Phi) is 5.33. The second-order valence-electron chi connectivity index (χ2n) is 5.31. The van der Waals surface area contributed by atoms with Gasteiger partial charge in [-0.05, 0) is 24.8 Å². The van der Waals surface area contributed by atoms with Gasteiger partial charge in [0, 0.05) is 12.5 Å². The Morgan fingerprint density at radius 2 is 2.10 bits per heavy atom. The lowest BCUT2D eigenvalue weighted by atomic mass is 9.93. The van der Waals surface area contributed by atoms with E-state index in [1.165, 1.54) is 0 Å². The van der Waals surface area contributed by atoms with E-state index in [0.717, 1.165) is 6.42 Å². The Balaban J connectivity index is 2.03. The largest absolute Gasteiger partial charge is 0.479 e. The van der Waals surface area contributed by atoms with Gasteiger partial charge in [0.25, 0.3) is 0 Å². The predicted octanol–water partition coefficient (Wildman–Crippen LogP) is 2.13. The minimum Gasteiger partial charge on any atom is -0.479 e. The van der Waals surface area contributed by atoms with Gasteiger partial charge in [-0.25, -0.2) is 4.79 Å². The number of carbonyl (C=O) groups excluding carboxylic acids is 1. The normalized spacial score (nSPS) is 23.3. The van der Waals surface area contributed by atoms with Crippen LogP contribution in [0.25, 0.3) is 0 Å². The van der Waals surface area contributed by atoms with Gasteiger partial charge in [0.15, 0.2) is 6.04 Å². The molecule has 5 heteroatoms. The van der Waals surface area contributed by atoms with Gasteiger partial charge < -0.3 is 15.2 Å². The summed E-state index contributed by atoms with van der Waals surface area (Å²) in [4.78, 5) is 23.7. The van der Waals surface area contributed by atoms with E-state index in [9.17, 15) is 14.7 Å². The number of amides is 1. The first-order valence-corrected chi connectivity index (χ1v) is 7.31. The average Bonchev–Trinajstić information content (AvgIpc) is 2.53. The number of carbonyl (C=O) groups is 2. The van der Waals surface area contributed by atoms with Crippen molar-refractivity contribution < 1.29 is 19.4 Å². The molecule has 114 valence electrons. The van der Waals surface area contributed by atoms with E-state index >= 15 is 0 Å². The van der Waals surface area contributed by atoms with Crippen molar-refractivity contribution in [1.82, 2.24) is 5.32 Å². The highest BCUT2D eigenvalue weighted by Gasteiger charge is 2.30. The van der Waals surface area contributed by atoms with Crippen LogP contribution in [0.3, 0.4) is 0 Å². The smallest absolute Gasteiger partial charge is 0.330 e. The zero-order valence-corrected chi connectivity index (χ0v) is 12.1. The summed E-state index contributed by atoms with van der Waals surface area (Å²) in [6, 6.07) is 7.75. The van der Waals surface area contributed by atoms with Crippen LogP contribution in [-0.2, 0) is 14.3 Å². The average molecular weight is 291 g/mol. The maximum absolute atomic E-state index is 12.3. The van der Waals surface area contributed by atoms with E-state index in [1.807, 2.05) is 13.0 Å². The molecule has 1 amide bonds. The highest BCUT2D eigenvalue weighted by Crippen LogP contribution is 2.23. The highest BCUT2D eigenvalue weighted by molar-refractivity contribution is 5.85. The molecule has 0 bridgehead atoms. The molecule has 1 aliphatic rings. The van der Waals surface area contributed by atoms with Gasteiger partial charge in [0.2, 0.25) is 5.91 Å². The molecule has 3 atom stereocenters. The van der Waals surface area contributed by atoms with E-state index in [4.69, 9.17) is 4.74 Å². The number of nitrogens with one attached hydrogen (secondary N) is 1. The van der Waals surface area contributed by atoms with Gasteiger partial charge >= 0.3 is 5.97 Å². The third-order valence-electron chi connectivity index (χ3n) is 3.86.